The van der Waals surface area contributed by atoms with Gasteiger partial charge in [-0.3, -0.25) is 0 Å². The molecule has 0 amide bonds. The first kappa shape index (κ1) is 13.1. The van der Waals surface area contributed by atoms with Crippen molar-refractivity contribution in [1.29, 1.82) is 0 Å². The topological polar surface area (TPSA) is 29.9 Å². The van der Waals surface area contributed by atoms with Crippen molar-refractivity contribution >= 4 is 0 Å². The number of benzene rings is 1. The van der Waals surface area contributed by atoms with E-state index in [1.165, 1.54) is 16.7 Å². The Kier molecular flexibility index (Phi) is 3.01. The summed E-state index contributed by atoms with van der Waals surface area (Å²) in [6, 6.07) is 5.20. The monoisotopic (exact) mass is 285 g/mol. The first-order chi connectivity index (χ1) is 9.45. The summed E-state index contributed by atoms with van der Waals surface area (Å²) in [4.78, 5) is 3.68. The molecule has 0 fully saturated rings. The van der Waals surface area contributed by atoms with E-state index in [0.717, 1.165) is 6.20 Å². The van der Waals surface area contributed by atoms with Gasteiger partial charge in [0.15, 0.2) is 5.69 Å². The average molecular weight is 285 g/mol. The van der Waals surface area contributed by atoms with Gasteiger partial charge in [0.2, 0.25) is 0 Å². The summed E-state index contributed by atoms with van der Waals surface area (Å²) in [7, 11) is 0. The van der Waals surface area contributed by atoms with E-state index in [1.54, 1.807) is 12.1 Å². The lowest BCUT2D eigenvalue weighted by molar-refractivity contribution is -0.141. The van der Waals surface area contributed by atoms with Gasteiger partial charge in [0.05, 0.1) is 6.04 Å². The predicted octanol–water partition coefficient (Wildman–Crippen LogP) is 2.73. The van der Waals surface area contributed by atoms with Crippen LogP contribution < -0.4 is 5.32 Å². The van der Waals surface area contributed by atoms with Gasteiger partial charge in [-0.15, -0.1) is 0 Å². The third-order valence-corrected chi connectivity index (χ3v) is 3.26. The van der Waals surface area contributed by atoms with Crippen molar-refractivity contribution in [2.75, 3.05) is 6.54 Å². The molecule has 1 aromatic carbocycles. The highest BCUT2D eigenvalue weighted by atomic mass is 19.4. The van der Waals surface area contributed by atoms with E-state index < -0.39 is 17.9 Å². The normalized spacial score (nSPS) is 18.9. The number of halogens is 4. The van der Waals surface area contributed by atoms with Gasteiger partial charge < -0.3 is 9.88 Å². The molecule has 1 N–H and O–H groups in total. The lowest BCUT2D eigenvalue weighted by Gasteiger charge is -2.25. The van der Waals surface area contributed by atoms with Crippen molar-refractivity contribution < 1.29 is 17.6 Å². The molecule has 7 heteroatoms. The molecule has 1 atom stereocenters. The standard InChI is InChI=1S/C13H11F4N3/c14-9-3-1-8(2-4-9)11-12-19-10(13(15,16)17)7-20(12)6-5-18-11/h1-4,7,11,18H,5-6H2. The quantitative estimate of drug-likeness (QED) is 0.816. The molecule has 0 saturated heterocycles. The highest BCUT2D eigenvalue weighted by molar-refractivity contribution is 5.28. The Bertz CT molecular complexity index is 616. The summed E-state index contributed by atoms with van der Waals surface area (Å²) >= 11 is 0. The highest BCUT2D eigenvalue weighted by Gasteiger charge is 2.36. The zero-order valence-electron chi connectivity index (χ0n) is 10.3. The summed E-state index contributed by atoms with van der Waals surface area (Å²) < 4.78 is 52.5. The zero-order valence-corrected chi connectivity index (χ0v) is 10.3. The van der Waals surface area contributed by atoms with Crippen molar-refractivity contribution in [2.45, 2.75) is 18.8 Å². The summed E-state index contributed by atoms with van der Waals surface area (Å²) in [6.07, 6.45) is -3.44. The molecule has 2 heterocycles. The summed E-state index contributed by atoms with van der Waals surface area (Å²) in [6.45, 7) is 0.957. The molecular weight excluding hydrogens is 274 g/mol. The van der Waals surface area contributed by atoms with E-state index in [2.05, 4.69) is 10.3 Å². The smallest absolute Gasteiger partial charge is 0.331 e. The van der Waals surface area contributed by atoms with Crippen LogP contribution >= 0.6 is 0 Å². The second kappa shape index (κ2) is 4.59. The number of imidazole rings is 1. The van der Waals surface area contributed by atoms with E-state index in [9.17, 15) is 17.6 Å². The van der Waals surface area contributed by atoms with Crippen LogP contribution in [0.4, 0.5) is 17.6 Å². The van der Waals surface area contributed by atoms with Gasteiger partial charge in [-0.05, 0) is 17.7 Å². The molecule has 0 spiro atoms. The maximum absolute atomic E-state index is 12.9. The van der Waals surface area contributed by atoms with E-state index >= 15 is 0 Å². The van der Waals surface area contributed by atoms with E-state index in [4.69, 9.17) is 0 Å². The minimum atomic E-state index is -4.46. The third-order valence-electron chi connectivity index (χ3n) is 3.26. The molecule has 0 saturated carbocycles. The average Bonchev–Trinajstić information content (AvgIpc) is 2.83. The van der Waals surface area contributed by atoms with Gasteiger partial charge >= 0.3 is 6.18 Å². The largest absolute Gasteiger partial charge is 0.434 e. The fourth-order valence-corrected chi connectivity index (χ4v) is 2.32. The van der Waals surface area contributed by atoms with E-state index in [-0.39, 0.29) is 5.82 Å². The minimum Gasteiger partial charge on any atom is -0.331 e. The van der Waals surface area contributed by atoms with E-state index in [0.29, 0.717) is 24.5 Å². The number of aromatic nitrogens is 2. The van der Waals surface area contributed by atoms with Gasteiger partial charge in [-0.2, -0.15) is 13.2 Å². The van der Waals surface area contributed by atoms with Gasteiger partial charge in [0, 0.05) is 19.3 Å². The number of rotatable bonds is 1. The Balaban J connectivity index is 2.01. The van der Waals surface area contributed by atoms with Crippen LogP contribution in [-0.4, -0.2) is 16.1 Å². The second-order valence-corrected chi connectivity index (χ2v) is 4.61. The number of alkyl halides is 3. The summed E-state index contributed by atoms with van der Waals surface area (Å²) in [5.74, 6) is -0.0842. The Hall–Kier alpha value is -1.89. The fraction of sp³-hybridized carbons (Fsp3) is 0.308. The van der Waals surface area contributed by atoms with Crippen molar-refractivity contribution in [3.63, 3.8) is 0 Å². The molecule has 3 nitrogen and oxygen atoms in total. The van der Waals surface area contributed by atoms with Crippen LogP contribution in [0.1, 0.15) is 23.1 Å². The molecule has 0 bridgehead atoms. The fourth-order valence-electron chi connectivity index (χ4n) is 2.32. The van der Waals surface area contributed by atoms with E-state index in [1.807, 2.05) is 0 Å². The maximum atomic E-state index is 12.9. The number of fused-ring (bicyclic) bond motifs is 1. The molecule has 2 aromatic rings. The zero-order chi connectivity index (χ0) is 14.3. The molecule has 1 aliphatic heterocycles. The van der Waals surface area contributed by atoms with Crippen LogP contribution in [0.15, 0.2) is 30.5 Å². The van der Waals surface area contributed by atoms with Crippen molar-refractivity contribution in [3.05, 3.63) is 53.4 Å². The van der Waals surface area contributed by atoms with Crippen molar-refractivity contribution in [3.8, 4) is 0 Å². The third kappa shape index (κ3) is 2.29. The molecule has 0 aliphatic carbocycles. The van der Waals surface area contributed by atoms with Gasteiger partial charge in [-0.25, -0.2) is 9.37 Å². The Morgan fingerprint density at radius 3 is 2.55 bits per heavy atom. The maximum Gasteiger partial charge on any atom is 0.434 e. The van der Waals surface area contributed by atoms with Crippen LogP contribution in [0.25, 0.3) is 0 Å². The molecule has 20 heavy (non-hydrogen) atoms. The van der Waals surface area contributed by atoms with Gasteiger partial charge in [0.25, 0.3) is 0 Å². The molecule has 0 radical (unpaired) electrons. The Morgan fingerprint density at radius 1 is 1.20 bits per heavy atom. The van der Waals surface area contributed by atoms with Crippen LogP contribution in [-0.2, 0) is 12.7 Å². The second-order valence-electron chi connectivity index (χ2n) is 4.61. The number of nitrogens with one attached hydrogen (secondary N) is 1. The molecule has 106 valence electrons. The van der Waals surface area contributed by atoms with Crippen molar-refractivity contribution in [2.24, 2.45) is 0 Å². The number of nitrogens with zero attached hydrogens (tertiary/aromatic N) is 2. The number of hydrogen-bond donors (Lipinski definition) is 1. The summed E-state index contributed by atoms with van der Waals surface area (Å²) in [5, 5.41) is 3.10. The van der Waals surface area contributed by atoms with Gasteiger partial charge in [0.1, 0.15) is 11.6 Å². The first-order valence-corrected chi connectivity index (χ1v) is 6.08. The molecule has 1 aliphatic rings. The molecule has 1 aromatic heterocycles. The Labute approximate surface area is 112 Å². The molecular formula is C13H11F4N3. The lowest BCUT2D eigenvalue weighted by Crippen LogP contribution is -2.34. The lowest BCUT2D eigenvalue weighted by atomic mass is 10.0. The molecule has 3 rings (SSSR count). The van der Waals surface area contributed by atoms with Gasteiger partial charge in [-0.1, -0.05) is 12.1 Å². The minimum absolute atomic E-state index is 0.301. The molecule has 1 unspecified atom stereocenters. The van der Waals surface area contributed by atoms with Crippen LogP contribution in [0.5, 0.6) is 0 Å². The Morgan fingerprint density at radius 2 is 1.90 bits per heavy atom. The van der Waals surface area contributed by atoms with Crippen LogP contribution in [0.2, 0.25) is 0 Å². The summed E-state index contributed by atoms with van der Waals surface area (Å²) in [5.41, 5.74) is -0.213. The first-order valence-electron chi connectivity index (χ1n) is 6.08. The predicted molar refractivity (Wildman–Crippen MR) is 63.5 cm³/mol. The van der Waals surface area contributed by atoms with Crippen LogP contribution in [0.3, 0.4) is 0 Å². The highest BCUT2D eigenvalue weighted by Crippen LogP contribution is 2.32. The van der Waals surface area contributed by atoms with Crippen LogP contribution in [0, 0.1) is 5.82 Å². The number of hydrogen-bond acceptors (Lipinski definition) is 2. The van der Waals surface area contributed by atoms with Crippen molar-refractivity contribution in [1.82, 2.24) is 14.9 Å². The SMILES string of the molecule is Fc1ccc(C2NCCn3cc(C(F)(F)F)nc32)cc1.